The minimum absolute atomic E-state index is 0. The van der Waals surface area contributed by atoms with Crippen LogP contribution in [0.3, 0.4) is 0 Å². The van der Waals surface area contributed by atoms with Gasteiger partial charge in [-0.3, -0.25) is 4.79 Å². The van der Waals surface area contributed by atoms with Crippen molar-refractivity contribution in [2.75, 3.05) is 20.3 Å². The van der Waals surface area contributed by atoms with E-state index in [1.165, 1.54) is 84.2 Å². The summed E-state index contributed by atoms with van der Waals surface area (Å²) in [6, 6.07) is 0. The van der Waals surface area contributed by atoms with Crippen LogP contribution < -0.4 is 6.15 Å². The van der Waals surface area contributed by atoms with Gasteiger partial charge in [0.15, 0.2) is 0 Å². The van der Waals surface area contributed by atoms with Crippen molar-refractivity contribution in [3.8, 4) is 0 Å². The second-order valence-corrected chi connectivity index (χ2v) is 6.20. The van der Waals surface area contributed by atoms with Crippen molar-refractivity contribution in [1.29, 1.82) is 0 Å². The van der Waals surface area contributed by atoms with Crippen molar-refractivity contribution in [2.45, 2.75) is 111 Å². The molecule has 0 aliphatic heterocycles. The van der Waals surface area contributed by atoms with Gasteiger partial charge in [-0.25, -0.2) is 0 Å². The van der Waals surface area contributed by atoms with Crippen LogP contribution in [0.4, 0.5) is 0 Å². The van der Waals surface area contributed by atoms with E-state index < -0.39 is 0 Å². The third-order valence-electron chi connectivity index (χ3n) is 3.71. The average Bonchev–Trinajstić information content (AvgIpc) is 2.60. The molecule has 0 rings (SSSR count). The highest BCUT2D eigenvalue weighted by molar-refractivity contribution is 5.68. The molecule has 0 saturated carbocycles. The van der Waals surface area contributed by atoms with Crippen LogP contribution in [0.25, 0.3) is 0 Å². The molecule has 5 heteroatoms. The number of hydrogen-bond acceptors (Lipinski definition) is 5. The Labute approximate surface area is 163 Å². The molecule has 0 saturated heterocycles. The molecule has 0 unspecified atom stereocenters. The summed E-state index contributed by atoms with van der Waals surface area (Å²) in [6.07, 6.45) is 18.0. The number of aliphatic hydroxyl groups is 2. The van der Waals surface area contributed by atoms with Gasteiger partial charge in [0.25, 0.3) is 0 Å². The van der Waals surface area contributed by atoms with Gasteiger partial charge in [0, 0.05) is 19.6 Å². The van der Waals surface area contributed by atoms with Gasteiger partial charge in [-0.2, -0.15) is 0 Å². The molecule has 0 aliphatic rings. The topological polar surface area (TPSA) is 102 Å². The van der Waals surface area contributed by atoms with Crippen LogP contribution in [0.2, 0.25) is 0 Å². The molecule has 0 aliphatic carbocycles. The Morgan fingerprint density at radius 1 is 0.654 bits per heavy atom. The maximum atomic E-state index is 10.9. The Hall–Kier alpha value is -0.650. The molecule has 0 spiro atoms. The smallest absolute Gasteiger partial charge is 0.305 e. The molecular weight excluding hydrogens is 330 g/mol. The zero-order valence-electron chi connectivity index (χ0n) is 18.2. The van der Waals surface area contributed by atoms with E-state index in [9.17, 15) is 4.79 Å². The lowest BCUT2D eigenvalue weighted by Gasteiger charge is -2.03. The van der Waals surface area contributed by atoms with Crippen molar-refractivity contribution >= 4 is 5.97 Å². The lowest BCUT2D eigenvalue weighted by Crippen LogP contribution is -1.99. The third-order valence-corrected chi connectivity index (χ3v) is 3.71. The summed E-state index contributed by atoms with van der Waals surface area (Å²) in [5.41, 5.74) is 0. The van der Waals surface area contributed by atoms with Crippen molar-refractivity contribution in [3.63, 3.8) is 0 Å². The van der Waals surface area contributed by atoms with Crippen LogP contribution >= 0.6 is 0 Å². The van der Waals surface area contributed by atoms with Gasteiger partial charge in [0.1, 0.15) is 0 Å². The van der Waals surface area contributed by atoms with Gasteiger partial charge in [0.2, 0.25) is 0 Å². The normalized spacial score (nSPS) is 9.15. The van der Waals surface area contributed by atoms with Crippen LogP contribution in [0.1, 0.15) is 111 Å². The lowest BCUT2D eigenvalue weighted by molar-refractivity contribution is -0.140. The molecule has 162 valence electrons. The molecule has 0 aromatic heterocycles. The number of hydrogen-bond donors (Lipinski definition) is 3. The largest absolute Gasteiger partial charge is 0.469 e. The average molecular weight is 380 g/mol. The highest BCUT2D eigenvalue weighted by atomic mass is 16.5. The van der Waals surface area contributed by atoms with Gasteiger partial charge in [0.05, 0.1) is 7.11 Å². The first-order valence-corrected chi connectivity index (χ1v) is 10.4. The van der Waals surface area contributed by atoms with E-state index in [1.54, 1.807) is 13.8 Å². The maximum Gasteiger partial charge on any atom is 0.305 e. The Kier molecular flexibility index (Phi) is 45.0. The molecule has 0 atom stereocenters. The molecule has 26 heavy (non-hydrogen) atoms. The van der Waals surface area contributed by atoms with Crippen LogP contribution in [0, 0.1) is 0 Å². The monoisotopic (exact) mass is 379 g/mol. The quantitative estimate of drug-likeness (QED) is 0.261. The van der Waals surface area contributed by atoms with Crippen LogP contribution in [0.5, 0.6) is 0 Å². The fourth-order valence-corrected chi connectivity index (χ4v) is 2.39. The minimum Gasteiger partial charge on any atom is -0.469 e. The summed E-state index contributed by atoms with van der Waals surface area (Å²) in [7, 11) is 1.46. The zero-order valence-corrected chi connectivity index (χ0v) is 18.2. The number of aliphatic hydroxyl groups excluding tert-OH is 2. The van der Waals surface area contributed by atoms with Crippen molar-refractivity contribution in [3.05, 3.63) is 0 Å². The number of carbonyl (C=O) groups excluding carboxylic acids is 1. The second kappa shape index (κ2) is 35.5. The fourth-order valence-electron chi connectivity index (χ4n) is 2.39. The summed E-state index contributed by atoms with van der Waals surface area (Å²) in [5.74, 6) is -0.0666. The molecule has 0 bridgehead atoms. The standard InChI is InChI=1S/C17H34O2.2C2H6O.H3N/c1-3-4-5-6-7-8-9-10-11-12-13-14-15-16-17(18)19-2;2*1-2-3;/h3-16H2,1-2H3;2*3H,2H2,1H3;1H3. The van der Waals surface area contributed by atoms with E-state index in [0.717, 1.165) is 6.42 Å². The highest BCUT2D eigenvalue weighted by Gasteiger charge is 1.99. The number of rotatable bonds is 14. The van der Waals surface area contributed by atoms with Gasteiger partial charge in [-0.1, -0.05) is 84.0 Å². The van der Waals surface area contributed by atoms with E-state index in [0.29, 0.717) is 6.42 Å². The molecule has 0 fully saturated rings. The Morgan fingerprint density at radius 3 is 1.19 bits per heavy atom. The van der Waals surface area contributed by atoms with Crippen LogP contribution in [-0.2, 0) is 9.53 Å². The van der Waals surface area contributed by atoms with Crippen molar-refractivity contribution in [2.24, 2.45) is 0 Å². The first-order valence-electron chi connectivity index (χ1n) is 10.4. The number of esters is 1. The fraction of sp³-hybridized carbons (Fsp3) is 0.952. The molecule has 5 nitrogen and oxygen atoms in total. The summed E-state index contributed by atoms with van der Waals surface area (Å²) >= 11 is 0. The van der Waals surface area contributed by atoms with E-state index in [1.807, 2.05) is 0 Å². The number of methoxy groups -OCH3 is 1. The third kappa shape index (κ3) is 43.6. The molecule has 5 N–H and O–H groups in total. The molecule has 0 aromatic rings. The Balaban J connectivity index is -0.000000302. The maximum absolute atomic E-state index is 10.9. The lowest BCUT2D eigenvalue weighted by atomic mass is 10.0. The first kappa shape index (κ1) is 33.0. The van der Waals surface area contributed by atoms with Crippen LogP contribution in [-0.4, -0.2) is 36.5 Å². The zero-order chi connectivity index (χ0) is 19.6. The van der Waals surface area contributed by atoms with E-state index >= 15 is 0 Å². The number of ether oxygens (including phenoxy) is 1. The van der Waals surface area contributed by atoms with Gasteiger partial charge >= 0.3 is 5.97 Å². The van der Waals surface area contributed by atoms with E-state index in [4.69, 9.17) is 10.2 Å². The van der Waals surface area contributed by atoms with Crippen molar-refractivity contribution < 1.29 is 19.7 Å². The molecule has 0 amide bonds. The summed E-state index contributed by atoms with van der Waals surface area (Å²) in [6.45, 7) is 6.13. The van der Waals surface area contributed by atoms with Gasteiger partial charge in [-0.15, -0.1) is 0 Å². The summed E-state index contributed by atoms with van der Waals surface area (Å²) in [5, 5.41) is 15.1. The Bertz CT molecular complexity index is 224. The predicted octanol–water partition coefficient (Wildman–Crippen LogP) is 5.80. The summed E-state index contributed by atoms with van der Waals surface area (Å²) < 4.78 is 4.62. The van der Waals surface area contributed by atoms with Gasteiger partial charge < -0.3 is 21.1 Å². The first-order chi connectivity index (χ1) is 12.1. The van der Waals surface area contributed by atoms with Gasteiger partial charge in [-0.05, 0) is 20.3 Å². The second-order valence-electron chi connectivity index (χ2n) is 6.20. The molecular formula is C21H49NO4. The number of unbranched alkanes of at least 4 members (excludes halogenated alkanes) is 12. The molecule has 0 radical (unpaired) electrons. The van der Waals surface area contributed by atoms with E-state index in [-0.39, 0.29) is 25.3 Å². The Morgan fingerprint density at radius 2 is 0.923 bits per heavy atom. The minimum atomic E-state index is -0.0666. The van der Waals surface area contributed by atoms with Crippen LogP contribution in [0.15, 0.2) is 0 Å². The predicted molar refractivity (Wildman–Crippen MR) is 113 cm³/mol. The van der Waals surface area contributed by atoms with Crippen molar-refractivity contribution in [1.82, 2.24) is 6.15 Å². The molecule has 0 heterocycles. The summed E-state index contributed by atoms with van der Waals surface area (Å²) in [4.78, 5) is 10.9. The SMILES string of the molecule is CCCCCCCCCCCCCCCC(=O)OC.CCO.CCO.N. The molecule has 0 aromatic carbocycles. The van der Waals surface area contributed by atoms with E-state index in [2.05, 4.69) is 11.7 Å². The highest BCUT2D eigenvalue weighted by Crippen LogP contribution is 2.12. The number of carbonyl (C=O) groups is 1.